The number of carbonyl (C=O) groups is 1. The normalized spacial score (nSPS) is 11.2. The van der Waals surface area contributed by atoms with E-state index in [4.69, 9.17) is 21.0 Å². The monoisotopic (exact) mass is 518 g/mol. The van der Waals surface area contributed by atoms with Gasteiger partial charge >= 0.3 is 0 Å². The van der Waals surface area contributed by atoms with Gasteiger partial charge in [0, 0.05) is 42.7 Å². The Balaban J connectivity index is 1.09. The molecule has 0 aliphatic carbocycles. The van der Waals surface area contributed by atoms with Crippen LogP contribution in [0.15, 0.2) is 71.5 Å². The van der Waals surface area contributed by atoms with Crippen molar-refractivity contribution in [3.05, 3.63) is 101 Å². The maximum Gasteiger partial charge on any atom is 0.273 e. The molecule has 3 aromatic heterocycles. The molecule has 37 heavy (non-hydrogen) atoms. The first-order chi connectivity index (χ1) is 18.1. The second-order valence-electron chi connectivity index (χ2n) is 8.38. The molecule has 3 N–H and O–H groups in total. The van der Waals surface area contributed by atoms with Crippen molar-refractivity contribution in [3.63, 3.8) is 0 Å². The van der Waals surface area contributed by atoms with Crippen LogP contribution in [0.4, 0.5) is 4.39 Å². The minimum absolute atomic E-state index is 0.0295. The summed E-state index contributed by atoms with van der Waals surface area (Å²) < 4.78 is 19.0. The summed E-state index contributed by atoms with van der Waals surface area (Å²) >= 11 is 6.03. The van der Waals surface area contributed by atoms with Crippen molar-refractivity contribution in [2.45, 2.75) is 19.4 Å². The van der Waals surface area contributed by atoms with Gasteiger partial charge in [0.05, 0.1) is 23.3 Å². The lowest BCUT2D eigenvalue weighted by Gasteiger charge is -2.03. The fraction of sp³-hybridized carbons (Fsp3) is 0.185. The van der Waals surface area contributed by atoms with E-state index < -0.39 is 11.7 Å². The van der Waals surface area contributed by atoms with Crippen LogP contribution in [0.2, 0.25) is 5.02 Å². The summed E-state index contributed by atoms with van der Waals surface area (Å²) in [7, 11) is 0. The first-order valence-electron chi connectivity index (χ1n) is 11.8. The topological polar surface area (TPSA) is 109 Å². The van der Waals surface area contributed by atoms with Crippen LogP contribution in [0.1, 0.15) is 27.9 Å². The maximum atomic E-state index is 13.6. The molecule has 0 aliphatic heterocycles. The zero-order valence-electron chi connectivity index (χ0n) is 19.8. The summed E-state index contributed by atoms with van der Waals surface area (Å²) in [5.74, 6) is 0.413. The summed E-state index contributed by atoms with van der Waals surface area (Å²) in [6.07, 6.45) is 4.01. The molecule has 0 spiro atoms. The van der Waals surface area contributed by atoms with Crippen molar-refractivity contribution in [1.82, 2.24) is 30.6 Å². The number of rotatable bonds is 10. The number of para-hydroxylation sites is 1. The summed E-state index contributed by atoms with van der Waals surface area (Å²) in [6.45, 7) is 1.30. The molecular formula is C27H24ClFN6O2. The number of hydrogen-bond donors (Lipinski definition) is 3. The molecule has 0 radical (unpaired) electrons. The van der Waals surface area contributed by atoms with Crippen LogP contribution >= 0.6 is 11.6 Å². The Bertz CT molecular complexity index is 1520. The van der Waals surface area contributed by atoms with E-state index >= 15 is 0 Å². The van der Waals surface area contributed by atoms with Crippen molar-refractivity contribution >= 4 is 28.5 Å². The lowest BCUT2D eigenvalue weighted by Crippen LogP contribution is -2.24. The molecule has 1 amide bonds. The molecule has 188 valence electrons. The standard InChI is InChI=1S/C27H24ClFN6O2/c28-18-8-6-17(7-9-18)19-3-1-5-21-26(19)35-24(33-21)10-13-30-14-11-25-34-23(16-37-25)27(36)32-15-22-20(29)4-2-12-31-22/h1-9,12,16,30H,10-11,13-15H2,(H,32,36)(H,33,35). The van der Waals surface area contributed by atoms with Gasteiger partial charge in [-0.3, -0.25) is 9.78 Å². The van der Waals surface area contributed by atoms with Crippen LogP contribution in [0, 0.1) is 5.82 Å². The zero-order chi connectivity index (χ0) is 25.6. The Hall–Kier alpha value is -4.08. The SMILES string of the molecule is O=C(NCc1ncccc1F)c1coc(CCNCCc2nc3c(-c4ccc(Cl)cc4)cccc3[nH]2)n1. The molecular weight excluding hydrogens is 495 g/mol. The Morgan fingerprint density at radius 2 is 1.86 bits per heavy atom. The van der Waals surface area contributed by atoms with Crippen molar-refractivity contribution in [1.29, 1.82) is 0 Å². The smallest absolute Gasteiger partial charge is 0.273 e. The van der Waals surface area contributed by atoms with Crippen LogP contribution in [-0.2, 0) is 19.4 Å². The number of amides is 1. The van der Waals surface area contributed by atoms with Crippen molar-refractivity contribution in [2.75, 3.05) is 13.1 Å². The molecule has 0 bridgehead atoms. The highest BCUT2D eigenvalue weighted by Crippen LogP contribution is 2.28. The van der Waals surface area contributed by atoms with Gasteiger partial charge in [0.1, 0.15) is 17.9 Å². The fourth-order valence-corrected chi connectivity index (χ4v) is 4.05. The summed E-state index contributed by atoms with van der Waals surface area (Å²) in [4.78, 5) is 28.6. The van der Waals surface area contributed by atoms with E-state index in [-0.39, 0.29) is 17.9 Å². The molecule has 10 heteroatoms. The molecule has 8 nitrogen and oxygen atoms in total. The van der Waals surface area contributed by atoms with E-state index in [2.05, 4.69) is 31.7 Å². The first-order valence-corrected chi connectivity index (χ1v) is 12.2. The average molecular weight is 519 g/mol. The molecule has 0 aliphatic rings. The number of oxazole rings is 1. The molecule has 3 heterocycles. The highest BCUT2D eigenvalue weighted by Gasteiger charge is 2.13. The second kappa shape index (κ2) is 11.3. The van der Waals surface area contributed by atoms with Gasteiger partial charge in [0.15, 0.2) is 11.6 Å². The molecule has 0 saturated carbocycles. The fourth-order valence-electron chi connectivity index (χ4n) is 3.92. The number of hydrogen-bond acceptors (Lipinski definition) is 6. The number of aromatic amines is 1. The number of halogens is 2. The number of H-pyrrole nitrogens is 1. The van der Waals surface area contributed by atoms with Crippen LogP contribution in [0.25, 0.3) is 22.2 Å². The van der Waals surface area contributed by atoms with E-state index in [1.165, 1.54) is 24.6 Å². The van der Waals surface area contributed by atoms with Crippen LogP contribution < -0.4 is 10.6 Å². The van der Waals surface area contributed by atoms with Gasteiger partial charge in [0.25, 0.3) is 5.91 Å². The number of aromatic nitrogens is 4. The number of imidazole rings is 1. The van der Waals surface area contributed by atoms with E-state index in [0.717, 1.165) is 34.4 Å². The van der Waals surface area contributed by atoms with Gasteiger partial charge in [-0.1, -0.05) is 35.9 Å². The molecule has 2 aromatic carbocycles. The Morgan fingerprint density at radius 1 is 1.03 bits per heavy atom. The van der Waals surface area contributed by atoms with Crippen molar-refractivity contribution in [2.24, 2.45) is 0 Å². The first kappa shape index (κ1) is 24.6. The molecule has 0 unspecified atom stereocenters. The van der Waals surface area contributed by atoms with E-state index in [9.17, 15) is 9.18 Å². The molecule has 5 rings (SSSR count). The number of pyridine rings is 1. The van der Waals surface area contributed by atoms with Gasteiger partial charge in [-0.25, -0.2) is 14.4 Å². The lowest BCUT2D eigenvalue weighted by molar-refractivity contribution is 0.0945. The van der Waals surface area contributed by atoms with E-state index in [0.29, 0.717) is 30.4 Å². The van der Waals surface area contributed by atoms with Gasteiger partial charge in [0.2, 0.25) is 0 Å². The minimum Gasteiger partial charge on any atom is -0.448 e. The van der Waals surface area contributed by atoms with Crippen LogP contribution in [0.3, 0.4) is 0 Å². The molecule has 0 atom stereocenters. The number of fused-ring (bicyclic) bond motifs is 1. The van der Waals surface area contributed by atoms with Crippen molar-refractivity contribution in [3.8, 4) is 11.1 Å². The quantitative estimate of drug-likeness (QED) is 0.231. The lowest BCUT2D eigenvalue weighted by atomic mass is 10.0. The molecule has 5 aromatic rings. The molecule has 0 fully saturated rings. The van der Waals surface area contributed by atoms with Gasteiger partial charge < -0.3 is 20.0 Å². The number of nitrogens with zero attached hydrogens (tertiary/aromatic N) is 3. The van der Waals surface area contributed by atoms with Crippen LogP contribution in [-0.4, -0.2) is 38.9 Å². The summed E-state index contributed by atoms with van der Waals surface area (Å²) in [5, 5.41) is 6.64. The maximum absolute atomic E-state index is 13.6. The number of benzene rings is 2. The number of nitrogens with one attached hydrogen (secondary N) is 3. The second-order valence-corrected chi connectivity index (χ2v) is 8.82. The third-order valence-corrected chi connectivity index (χ3v) is 6.06. The predicted molar refractivity (Wildman–Crippen MR) is 139 cm³/mol. The average Bonchev–Trinajstić information content (AvgIpc) is 3.55. The Kier molecular flexibility index (Phi) is 7.53. The van der Waals surface area contributed by atoms with Gasteiger partial charge in [-0.2, -0.15) is 0 Å². The Morgan fingerprint density at radius 3 is 2.70 bits per heavy atom. The number of carbonyl (C=O) groups excluding carboxylic acids is 1. The summed E-state index contributed by atoms with van der Waals surface area (Å²) in [5.41, 5.74) is 4.34. The Labute approximate surface area is 217 Å². The van der Waals surface area contributed by atoms with Gasteiger partial charge in [-0.15, -0.1) is 0 Å². The zero-order valence-corrected chi connectivity index (χ0v) is 20.6. The van der Waals surface area contributed by atoms with Crippen LogP contribution in [0.5, 0.6) is 0 Å². The highest BCUT2D eigenvalue weighted by atomic mass is 35.5. The molecule has 0 saturated heterocycles. The third kappa shape index (κ3) is 6.02. The highest BCUT2D eigenvalue weighted by molar-refractivity contribution is 6.30. The largest absolute Gasteiger partial charge is 0.448 e. The minimum atomic E-state index is -0.473. The van der Waals surface area contributed by atoms with E-state index in [1.54, 1.807) is 0 Å². The van der Waals surface area contributed by atoms with Gasteiger partial charge in [-0.05, 0) is 35.9 Å². The van der Waals surface area contributed by atoms with E-state index in [1.807, 2.05) is 36.4 Å². The van der Waals surface area contributed by atoms with Crippen molar-refractivity contribution < 1.29 is 13.6 Å². The predicted octanol–water partition coefficient (Wildman–Crippen LogP) is 4.71. The third-order valence-electron chi connectivity index (χ3n) is 5.81. The summed E-state index contributed by atoms with van der Waals surface area (Å²) in [6, 6.07) is 16.6.